The molecule has 0 radical (unpaired) electrons. The highest BCUT2D eigenvalue weighted by atomic mass is 16.1. The van der Waals surface area contributed by atoms with Crippen LogP contribution in [0.1, 0.15) is 16.7 Å². The van der Waals surface area contributed by atoms with Crippen molar-refractivity contribution in [2.75, 3.05) is 5.32 Å². The number of nitrogens with zero attached hydrogens (tertiary/aromatic N) is 2. The Morgan fingerprint density at radius 1 is 1.35 bits per heavy atom. The summed E-state index contributed by atoms with van der Waals surface area (Å²) < 4.78 is 0. The molecule has 0 saturated carbocycles. The van der Waals surface area contributed by atoms with E-state index in [4.69, 9.17) is 0 Å². The highest BCUT2D eigenvalue weighted by Crippen LogP contribution is 2.10. The van der Waals surface area contributed by atoms with Gasteiger partial charge < -0.3 is 0 Å². The molecule has 0 unspecified atom stereocenters. The van der Waals surface area contributed by atoms with Crippen LogP contribution in [0.5, 0.6) is 0 Å². The van der Waals surface area contributed by atoms with Crippen molar-refractivity contribution in [1.82, 2.24) is 15.2 Å². The second-order valence-electron chi connectivity index (χ2n) is 3.98. The van der Waals surface area contributed by atoms with E-state index in [0.717, 1.165) is 5.56 Å². The fraction of sp³-hybridized carbons (Fsp3) is 0.250. The molecule has 88 valence electrons. The van der Waals surface area contributed by atoms with Crippen LogP contribution < -0.4 is 5.32 Å². The largest absolute Gasteiger partial charge is 0.295 e. The van der Waals surface area contributed by atoms with Crippen LogP contribution >= 0.6 is 0 Å². The highest BCUT2D eigenvalue weighted by Gasteiger charge is 2.06. The minimum atomic E-state index is -0.106. The van der Waals surface area contributed by atoms with Crippen molar-refractivity contribution in [1.29, 1.82) is 0 Å². The summed E-state index contributed by atoms with van der Waals surface area (Å²) in [6.07, 6.45) is 1.69. The van der Waals surface area contributed by atoms with Gasteiger partial charge in [-0.15, -0.1) is 0 Å². The van der Waals surface area contributed by atoms with E-state index in [9.17, 15) is 4.79 Å². The molecule has 1 heterocycles. The first-order chi connectivity index (χ1) is 8.15. The van der Waals surface area contributed by atoms with Gasteiger partial charge in [0, 0.05) is 0 Å². The standard InChI is InChI=1S/C12H14N4O/c1-8-3-4-10(5-9(8)2)6-11(17)15-12-13-7-14-16-12/h3-5,7H,6H2,1-2H3,(H2,13,14,15,16,17). The fourth-order valence-corrected chi connectivity index (χ4v) is 1.54. The Hall–Kier alpha value is -2.17. The van der Waals surface area contributed by atoms with E-state index >= 15 is 0 Å². The maximum Gasteiger partial charge on any atom is 0.231 e. The molecule has 0 fully saturated rings. The molecular formula is C12H14N4O. The van der Waals surface area contributed by atoms with E-state index in [0.29, 0.717) is 12.4 Å². The minimum Gasteiger partial charge on any atom is -0.295 e. The number of benzene rings is 1. The number of H-pyrrole nitrogens is 1. The molecule has 1 aromatic heterocycles. The number of aryl methyl sites for hydroxylation is 2. The first-order valence-corrected chi connectivity index (χ1v) is 5.36. The van der Waals surface area contributed by atoms with Crippen LogP contribution in [0.2, 0.25) is 0 Å². The Balaban J connectivity index is 2.00. The Bertz CT molecular complexity index is 519. The van der Waals surface area contributed by atoms with Crippen molar-refractivity contribution < 1.29 is 4.79 Å². The average Bonchev–Trinajstić information content (AvgIpc) is 2.76. The zero-order valence-corrected chi connectivity index (χ0v) is 9.82. The van der Waals surface area contributed by atoms with Crippen molar-refractivity contribution in [3.8, 4) is 0 Å². The third-order valence-electron chi connectivity index (χ3n) is 2.61. The molecule has 17 heavy (non-hydrogen) atoms. The van der Waals surface area contributed by atoms with Gasteiger partial charge in [-0.1, -0.05) is 18.2 Å². The molecule has 5 heteroatoms. The first kappa shape index (κ1) is 11.3. The van der Waals surface area contributed by atoms with Crippen molar-refractivity contribution in [3.05, 3.63) is 41.2 Å². The molecule has 0 aliphatic heterocycles. The van der Waals surface area contributed by atoms with Gasteiger partial charge in [-0.05, 0) is 30.5 Å². The summed E-state index contributed by atoms with van der Waals surface area (Å²) in [6.45, 7) is 4.08. The second kappa shape index (κ2) is 4.78. The number of aromatic amines is 1. The van der Waals surface area contributed by atoms with Gasteiger partial charge in [-0.2, -0.15) is 10.1 Å². The molecule has 2 rings (SSSR count). The summed E-state index contributed by atoms with van der Waals surface area (Å²) in [5.74, 6) is 0.267. The lowest BCUT2D eigenvalue weighted by atomic mass is 10.0. The van der Waals surface area contributed by atoms with E-state index in [-0.39, 0.29) is 5.91 Å². The second-order valence-corrected chi connectivity index (χ2v) is 3.98. The maximum absolute atomic E-state index is 11.7. The number of rotatable bonds is 3. The van der Waals surface area contributed by atoms with E-state index in [1.54, 1.807) is 0 Å². The molecule has 0 aliphatic carbocycles. The summed E-state index contributed by atoms with van der Waals surface area (Å²) in [7, 11) is 0. The number of anilines is 1. The van der Waals surface area contributed by atoms with E-state index < -0.39 is 0 Å². The van der Waals surface area contributed by atoms with Gasteiger partial charge in [-0.3, -0.25) is 10.1 Å². The molecule has 5 nitrogen and oxygen atoms in total. The van der Waals surface area contributed by atoms with Gasteiger partial charge in [-0.25, -0.2) is 5.10 Å². The van der Waals surface area contributed by atoms with Crippen molar-refractivity contribution in [3.63, 3.8) is 0 Å². The number of carbonyl (C=O) groups is 1. The van der Waals surface area contributed by atoms with Crippen LogP contribution in [-0.2, 0) is 11.2 Å². The highest BCUT2D eigenvalue weighted by molar-refractivity contribution is 5.90. The molecule has 2 aromatic rings. The quantitative estimate of drug-likeness (QED) is 0.841. The Morgan fingerprint density at radius 3 is 2.82 bits per heavy atom. The number of amides is 1. The molecular weight excluding hydrogens is 216 g/mol. The lowest BCUT2D eigenvalue weighted by Gasteiger charge is -2.05. The van der Waals surface area contributed by atoms with Crippen LogP contribution in [0, 0.1) is 13.8 Å². The molecule has 0 spiro atoms. The molecule has 0 bridgehead atoms. The number of carbonyl (C=O) groups excluding carboxylic acids is 1. The Labute approximate surface area is 99.3 Å². The molecule has 0 saturated heterocycles. The predicted octanol–water partition coefficient (Wildman–Crippen LogP) is 1.60. The third-order valence-corrected chi connectivity index (χ3v) is 2.61. The lowest BCUT2D eigenvalue weighted by molar-refractivity contribution is -0.115. The Morgan fingerprint density at radius 2 is 2.18 bits per heavy atom. The monoisotopic (exact) mass is 230 g/mol. The maximum atomic E-state index is 11.7. The van der Waals surface area contributed by atoms with Gasteiger partial charge in [0.2, 0.25) is 11.9 Å². The van der Waals surface area contributed by atoms with Crippen LogP contribution in [0.15, 0.2) is 24.5 Å². The van der Waals surface area contributed by atoms with Crippen molar-refractivity contribution in [2.45, 2.75) is 20.3 Å². The van der Waals surface area contributed by atoms with Gasteiger partial charge in [0.15, 0.2) is 0 Å². The van der Waals surface area contributed by atoms with Crippen molar-refractivity contribution in [2.24, 2.45) is 0 Å². The van der Waals surface area contributed by atoms with E-state index in [2.05, 4.69) is 20.5 Å². The summed E-state index contributed by atoms with van der Waals surface area (Å²) in [5.41, 5.74) is 3.41. The van der Waals surface area contributed by atoms with Gasteiger partial charge >= 0.3 is 0 Å². The van der Waals surface area contributed by atoms with E-state index in [1.165, 1.54) is 17.5 Å². The Kier molecular flexibility index (Phi) is 3.18. The summed E-state index contributed by atoms with van der Waals surface area (Å²) >= 11 is 0. The predicted molar refractivity (Wildman–Crippen MR) is 64.6 cm³/mol. The summed E-state index contributed by atoms with van der Waals surface area (Å²) in [5, 5.41) is 8.87. The third kappa shape index (κ3) is 2.90. The number of aromatic nitrogens is 3. The van der Waals surface area contributed by atoms with Gasteiger partial charge in [0.05, 0.1) is 6.42 Å². The zero-order chi connectivity index (χ0) is 12.3. The van der Waals surface area contributed by atoms with Crippen LogP contribution in [0.3, 0.4) is 0 Å². The van der Waals surface area contributed by atoms with Crippen LogP contribution in [-0.4, -0.2) is 21.1 Å². The minimum absolute atomic E-state index is 0.106. The molecule has 0 atom stereocenters. The van der Waals surface area contributed by atoms with Crippen LogP contribution in [0.25, 0.3) is 0 Å². The molecule has 0 aliphatic rings. The topological polar surface area (TPSA) is 70.7 Å². The molecule has 2 N–H and O–H groups in total. The summed E-state index contributed by atoms with van der Waals surface area (Å²) in [4.78, 5) is 15.5. The zero-order valence-electron chi connectivity index (χ0n) is 9.82. The smallest absolute Gasteiger partial charge is 0.231 e. The number of hydrogen-bond acceptors (Lipinski definition) is 3. The number of nitrogens with one attached hydrogen (secondary N) is 2. The fourth-order valence-electron chi connectivity index (χ4n) is 1.54. The summed E-state index contributed by atoms with van der Waals surface area (Å²) in [6, 6.07) is 6.00. The SMILES string of the molecule is Cc1ccc(CC(=O)Nc2ncn[nH]2)cc1C. The van der Waals surface area contributed by atoms with Gasteiger partial charge in [0.1, 0.15) is 6.33 Å². The molecule has 1 aromatic carbocycles. The van der Waals surface area contributed by atoms with E-state index in [1.807, 2.05) is 32.0 Å². The molecule has 1 amide bonds. The number of hydrogen-bond donors (Lipinski definition) is 2. The van der Waals surface area contributed by atoms with Crippen LogP contribution in [0.4, 0.5) is 5.95 Å². The first-order valence-electron chi connectivity index (χ1n) is 5.36. The van der Waals surface area contributed by atoms with Gasteiger partial charge in [0.25, 0.3) is 0 Å². The normalized spacial score (nSPS) is 10.2. The lowest BCUT2D eigenvalue weighted by Crippen LogP contribution is -2.15. The van der Waals surface area contributed by atoms with Crippen molar-refractivity contribution >= 4 is 11.9 Å². The average molecular weight is 230 g/mol.